The summed E-state index contributed by atoms with van der Waals surface area (Å²) in [6, 6.07) is 7.45. The number of carbonyl (C=O) groups is 1. The Bertz CT molecular complexity index is 424. The van der Waals surface area contributed by atoms with Gasteiger partial charge in [-0.15, -0.1) is 0 Å². The molecular weight excluding hydrogens is 314 g/mol. The van der Waals surface area contributed by atoms with Gasteiger partial charge in [-0.3, -0.25) is 4.79 Å². The molecule has 1 N–H and O–H groups in total. The minimum Gasteiger partial charge on any atom is -0.356 e. The molecule has 2 rings (SSSR count). The predicted molar refractivity (Wildman–Crippen MR) is 78.2 cm³/mol. The summed E-state index contributed by atoms with van der Waals surface area (Å²) in [6.45, 7) is 0.793. The van der Waals surface area contributed by atoms with Crippen molar-refractivity contribution in [2.45, 2.75) is 30.5 Å². The number of amides is 1. The van der Waals surface area contributed by atoms with Crippen LogP contribution in [0.5, 0.6) is 0 Å². The van der Waals surface area contributed by atoms with Crippen molar-refractivity contribution in [3.05, 3.63) is 34.9 Å². The quantitative estimate of drug-likeness (QED) is 0.840. The van der Waals surface area contributed by atoms with Gasteiger partial charge in [0.15, 0.2) is 0 Å². The molecule has 0 aliphatic heterocycles. The monoisotopic (exact) mass is 329 g/mol. The molecule has 1 aliphatic carbocycles. The molecule has 1 aromatic carbocycles. The van der Waals surface area contributed by atoms with Gasteiger partial charge in [-0.05, 0) is 42.9 Å². The van der Waals surface area contributed by atoms with Crippen molar-refractivity contribution < 1.29 is 4.79 Å². The van der Waals surface area contributed by atoms with Crippen molar-refractivity contribution in [1.82, 2.24) is 5.32 Å². The maximum atomic E-state index is 11.8. The Hall–Kier alpha value is -0.540. The van der Waals surface area contributed by atoms with E-state index in [-0.39, 0.29) is 5.91 Å². The highest BCUT2D eigenvalue weighted by Gasteiger charge is 2.22. The van der Waals surface area contributed by atoms with Gasteiger partial charge in [-0.25, -0.2) is 0 Å². The van der Waals surface area contributed by atoms with E-state index in [1.165, 1.54) is 12.8 Å². The number of halogens is 2. The van der Waals surface area contributed by atoms with Gasteiger partial charge < -0.3 is 5.32 Å². The van der Waals surface area contributed by atoms with Gasteiger partial charge in [-0.1, -0.05) is 39.7 Å². The zero-order valence-electron chi connectivity index (χ0n) is 10.2. The summed E-state index contributed by atoms with van der Waals surface area (Å²) in [5.41, 5.74) is 0.963. The minimum absolute atomic E-state index is 0.0790. The molecule has 1 amide bonds. The standard InChI is InChI=1S/C14H17BrClNO/c15-12-5-4-11(6-12)9-17-14(18)8-10-2-1-3-13(16)7-10/h1-3,7,11-12H,4-6,8-9H2,(H,17,18). The summed E-state index contributed by atoms with van der Waals surface area (Å²) in [5, 5.41) is 3.69. The molecule has 0 bridgehead atoms. The average Bonchev–Trinajstić information content (AvgIpc) is 2.73. The first-order valence-electron chi connectivity index (χ1n) is 6.28. The van der Waals surface area contributed by atoms with Crippen molar-refractivity contribution in [3.63, 3.8) is 0 Å². The van der Waals surface area contributed by atoms with E-state index in [2.05, 4.69) is 21.2 Å². The first-order valence-corrected chi connectivity index (χ1v) is 7.58. The Morgan fingerprint density at radius 1 is 1.44 bits per heavy atom. The first kappa shape index (κ1) is 13.9. The van der Waals surface area contributed by atoms with Crippen LogP contribution in [0.15, 0.2) is 24.3 Å². The molecule has 2 unspecified atom stereocenters. The fourth-order valence-corrected chi connectivity index (χ4v) is 3.36. The Morgan fingerprint density at radius 2 is 2.28 bits per heavy atom. The second-order valence-electron chi connectivity index (χ2n) is 4.89. The number of rotatable bonds is 4. The van der Waals surface area contributed by atoms with Crippen LogP contribution in [0.4, 0.5) is 0 Å². The van der Waals surface area contributed by atoms with E-state index < -0.39 is 0 Å². The fraction of sp³-hybridized carbons (Fsp3) is 0.500. The lowest BCUT2D eigenvalue weighted by molar-refractivity contribution is -0.120. The average molecular weight is 331 g/mol. The second kappa shape index (κ2) is 6.58. The van der Waals surface area contributed by atoms with Crippen LogP contribution in [0.2, 0.25) is 5.02 Å². The number of hydrogen-bond acceptors (Lipinski definition) is 1. The zero-order chi connectivity index (χ0) is 13.0. The number of benzene rings is 1. The van der Waals surface area contributed by atoms with Crippen LogP contribution in [0, 0.1) is 5.92 Å². The van der Waals surface area contributed by atoms with E-state index in [4.69, 9.17) is 11.6 Å². The van der Waals surface area contributed by atoms with Gasteiger partial charge in [0, 0.05) is 16.4 Å². The van der Waals surface area contributed by atoms with Crippen LogP contribution in [-0.4, -0.2) is 17.3 Å². The maximum absolute atomic E-state index is 11.8. The largest absolute Gasteiger partial charge is 0.356 e. The van der Waals surface area contributed by atoms with Crippen LogP contribution in [0.1, 0.15) is 24.8 Å². The van der Waals surface area contributed by atoms with E-state index in [1.807, 2.05) is 24.3 Å². The molecule has 1 aromatic rings. The van der Waals surface area contributed by atoms with Gasteiger partial charge in [0.2, 0.25) is 5.91 Å². The second-order valence-corrected chi connectivity index (χ2v) is 6.62. The van der Waals surface area contributed by atoms with E-state index in [9.17, 15) is 4.79 Å². The molecule has 18 heavy (non-hydrogen) atoms. The van der Waals surface area contributed by atoms with Crippen LogP contribution in [0.3, 0.4) is 0 Å². The lowest BCUT2D eigenvalue weighted by Gasteiger charge is -2.11. The molecule has 1 aliphatic rings. The smallest absolute Gasteiger partial charge is 0.224 e. The van der Waals surface area contributed by atoms with Gasteiger partial charge in [0.1, 0.15) is 0 Å². The fourth-order valence-electron chi connectivity index (χ4n) is 2.35. The number of hydrogen-bond donors (Lipinski definition) is 1. The van der Waals surface area contributed by atoms with E-state index >= 15 is 0 Å². The zero-order valence-corrected chi connectivity index (χ0v) is 12.5. The molecule has 0 saturated heterocycles. The Balaban J connectivity index is 1.75. The van der Waals surface area contributed by atoms with Gasteiger partial charge in [0.25, 0.3) is 0 Å². The third-order valence-electron chi connectivity index (χ3n) is 3.32. The SMILES string of the molecule is O=C(Cc1cccc(Cl)c1)NCC1CCC(Br)C1. The van der Waals surface area contributed by atoms with Gasteiger partial charge >= 0.3 is 0 Å². The molecule has 0 aromatic heterocycles. The molecule has 4 heteroatoms. The molecule has 2 nitrogen and oxygen atoms in total. The van der Waals surface area contributed by atoms with Crippen LogP contribution in [-0.2, 0) is 11.2 Å². The van der Waals surface area contributed by atoms with E-state index in [0.29, 0.717) is 22.2 Å². The molecule has 0 radical (unpaired) electrons. The molecular formula is C14H17BrClNO. The predicted octanol–water partition coefficient (Wildman–Crippen LogP) is 3.56. The number of carbonyl (C=O) groups excluding carboxylic acids is 1. The van der Waals surface area contributed by atoms with E-state index in [1.54, 1.807) is 0 Å². The summed E-state index contributed by atoms with van der Waals surface area (Å²) in [4.78, 5) is 12.4. The molecule has 1 fully saturated rings. The molecule has 98 valence electrons. The van der Waals surface area contributed by atoms with Crippen molar-refractivity contribution in [1.29, 1.82) is 0 Å². The Morgan fingerprint density at radius 3 is 2.94 bits per heavy atom. The summed E-state index contributed by atoms with van der Waals surface area (Å²) in [7, 11) is 0. The van der Waals surface area contributed by atoms with Crippen LogP contribution in [0.25, 0.3) is 0 Å². The summed E-state index contributed by atoms with van der Waals surface area (Å²) in [5.74, 6) is 0.702. The van der Waals surface area contributed by atoms with Crippen LogP contribution >= 0.6 is 27.5 Å². The molecule has 0 heterocycles. The normalized spacial score (nSPS) is 23.0. The lowest BCUT2D eigenvalue weighted by Crippen LogP contribution is -2.29. The van der Waals surface area contributed by atoms with Crippen molar-refractivity contribution in [2.24, 2.45) is 5.92 Å². The summed E-state index contributed by atoms with van der Waals surface area (Å²) < 4.78 is 0. The summed E-state index contributed by atoms with van der Waals surface area (Å²) >= 11 is 9.51. The number of alkyl halides is 1. The van der Waals surface area contributed by atoms with E-state index in [0.717, 1.165) is 18.5 Å². The Labute approximate surface area is 121 Å². The van der Waals surface area contributed by atoms with Crippen molar-refractivity contribution in [3.8, 4) is 0 Å². The molecule has 1 saturated carbocycles. The molecule has 2 atom stereocenters. The van der Waals surface area contributed by atoms with Gasteiger partial charge in [0.05, 0.1) is 6.42 Å². The third kappa shape index (κ3) is 4.29. The highest BCUT2D eigenvalue weighted by atomic mass is 79.9. The third-order valence-corrected chi connectivity index (χ3v) is 4.39. The lowest BCUT2D eigenvalue weighted by atomic mass is 10.1. The highest BCUT2D eigenvalue weighted by Crippen LogP contribution is 2.29. The first-order chi connectivity index (χ1) is 8.63. The Kier molecular flexibility index (Phi) is 5.07. The topological polar surface area (TPSA) is 29.1 Å². The van der Waals surface area contributed by atoms with Crippen molar-refractivity contribution >= 4 is 33.4 Å². The summed E-state index contributed by atoms with van der Waals surface area (Å²) in [6.07, 6.45) is 3.99. The van der Waals surface area contributed by atoms with Gasteiger partial charge in [-0.2, -0.15) is 0 Å². The molecule has 0 spiro atoms. The van der Waals surface area contributed by atoms with Crippen molar-refractivity contribution in [2.75, 3.05) is 6.54 Å². The maximum Gasteiger partial charge on any atom is 0.224 e. The minimum atomic E-state index is 0.0790. The highest BCUT2D eigenvalue weighted by molar-refractivity contribution is 9.09. The van der Waals surface area contributed by atoms with Crippen LogP contribution < -0.4 is 5.32 Å². The number of nitrogens with one attached hydrogen (secondary N) is 1.